The van der Waals surface area contributed by atoms with E-state index in [-0.39, 0.29) is 11.7 Å². The predicted molar refractivity (Wildman–Crippen MR) is 78.6 cm³/mol. The summed E-state index contributed by atoms with van der Waals surface area (Å²) in [6.45, 7) is 4.21. The first kappa shape index (κ1) is 14.3. The van der Waals surface area contributed by atoms with Crippen molar-refractivity contribution < 1.29 is 4.74 Å². The standard InChI is InChI=1S/C13H18ClIO/c1-3-12(11-7-5-4-6-8-11)16-13(2,9-14)10-15/h4-8,12H,3,9-10H2,1-2H3. The molecule has 0 saturated carbocycles. The van der Waals surface area contributed by atoms with Crippen LogP contribution in [0.5, 0.6) is 0 Å². The van der Waals surface area contributed by atoms with Gasteiger partial charge >= 0.3 is 0 Å². The highest BCUT2D eigenvalue weighted by Crippen LogP contribution is 2.28. The van der Waals surface area contributed by atoms with Crippen LogP contribution in [0.25, 0.3) is 0 Å². The number of alkyl halides is 2. The minimum atomic E-state index is -0.237. The largest absolute Gasteiger partial charge is 0.365 e. The van der Waals surface area contributed by atoms with Crippen LogP contribution < -0.4 is 0 Å². The first-order chi connectivity index (χ1) is 7.65. The summed E-state index contributed by atoms with van der Waals surface area (Å²) in [5.41, 5.74) is 0.990. The second-order valence-corrected chi connectivity index (χ2v) is 5.17. The van der Waals surface area contributed by atoms with Crippen molar-refractivity contribution in [1.29, 1.82) is 0 Å². The van der Waals surface area contributed by atoms with Crippen LogP contribution >= 0.6 is 34.2 Å². The Morgan fingerprint density at radius 2 is 2.00 bits per heavy atom. The highest BCUT2D eigenvalue weighted by molar-refractivity contribution is 14.1. The minimum Gasteiger partial charge on any atom is -0.365 e. The van der Waals surface area contributed by atoms with E-state index in [0.717, 1.165) is 10.8 Å². The molecule has 0 radical (unpaired) electrons. The molecule has 0 bridgehead atoms. The summed E-state index contributed by atoms with van der Waals surface area (Å²) in [5, 5.41) is 0. The van der Waals surface area contributed by atoms with Crippen molar-refractivity contribution in [2.24, 2.45) is 0 Å². The maximum atomic E-state index is 6.13. The first-order valence-electron chi connectivity index (χ1n) is 5.50. The van der Waals surface area contributed by atoms with Crippen LogP contribution in [0.2, 0.25) is 0 Å². The molecule has 1 nitrogen and oxygen atoms in total. The molecule has 0 aliphatic rings. The van der Waals surface area contributed by atoms with E-state index in [4.69, 9.17) is 16.3 Å². The van der Waals surface area contributed by atoms with Crippen molar-refractivity contribution in [1.82, 2.24) is 0 Å². The zero-order valence-corrected chi connectivity index (χ0v) is 12.7. The van der Waals surface area contributed by atoms with Crippen LogP contribution in [-0.4, -0.2) is 15.9 Å². The lowest BCUT2D eigenvalue weighted by Crippen LogP contribution is -2.34. The molecule has 0 amide bonds. The third kappa shape index (κ3) is 3.90. The molecule has 16 heavy (non-hydrogen) atoms. The predicted octanol–water partition coefficient (Wildman–Crippen LogP) is 4.59. The van der Waals surface area contributed by atoms with Crippen molar-refractivity contribution in [3.8, 4) is 0 Å². The number of ether oxygens (including phenoxy) is 1. The Balaban J connectivity index is 2.77. The van der Waals surface area contributed by atoms with Gasteiger partial charge in [0.1, 0.15) is 0 Å². The van der Waals surface area contributed by atoms with E-state index < -0.39 is 0 Å². The van der Waals surface area contributed by atoms with E-state index in [1.807, 2.05) is 18.2 Å². The van der Waals surface area contributed by atoms with E-state index in [2.05, 4.69) is 48.6 Å². The molecule has 0 saturated heterocycles. The number of hydrogen-bond acceptors (Lipinski definition) is 1. The monoisotopic (exact) mass is 352 g/mol. The molecule has 1 aromatic carbocycles. The van der Waals surface area contributed by atoms with Gasteiger partial charge in [-0.2, -0.15) is 0 Å². The second-order valence-electron chi connectivity index (χ2n) is 4.14. The summed E-state index contributed by atoms with van der Waals surface area (Å²) in [6.07, 6.45) is 1.10. The average Bonchev–Trinajstić information content (AvgIpc) is 2.36. The smallest absolute Gasteiger partial charge is 0.0886 e. The Morgan fingerprint density at radius 1 is 1.38 bits per heavy atom. The number of benzene rings is 1. The minimum absolute atomic E-state index is 0.139. The summed E-state index contributed by atoms with van der Waals surface area (Å²) in [5.74, 6) is 0.527. The van der Waals surface area contributed by atoms with Gasteiger partial charge in [-0.15, -0.1) is 11.6 Å². The lowest BCUT2D eigenvalue weighted by Gasteiger charge is -2.31. The lowest BCUT2D eigenvalue weighted by molar-refractivity contribution is -0.0559. The molecule has 2 unspecified atom stereocenters. The SMILES string of the molecule is CCC(OC(C)(CCl)CI)c1ccccc1. The molecule has 0 spiro atoms. The molecule has 0 aliphatic heterocycles. The van der Waals surface area contributed by atoms with Gasteiger partial charge < -0.3 is 4.74 Å². The van der Waals surface area contributed by atoms with Gasteiger partial charge in [0.15, 0.2) is 0 Å². The molecule has 0 fully saturated rings. The Morgan fingerprint density at radius 3 is 2.44 bits per heavy atom. The fourth-order valence-electron chi connectivity index (χ4n) is 1.50. The summed E-state index contributed by atoms with van der Waals surface area (Å²) in [4.78, 5) is 0. The normalized spacial score (nSPS) is 16.8. The zero-order chi connectivity index (χ0) is 12.0. The molecule has 1 aromatic rings. The maximum absolute atomic E-state index is 6.13. The summed E-state index contributed by atoms with van der Waals surface area (Å²) < 4.78 is 7.03. The van der Waals surface area contributed by atoms with Gasteiger partial charge in [0.05, 0.1) is 17.6 Å². The highest BCUT2D eigenvalue weighted by Gasteiger charge is 2.26. The van der Waals surface area contributed by atoms with Gasteiger partial charge in [0.25, 0.3) is 0 Å². The maximum Gasteiger partial charge on any atom is 0.0886 e. The number of rotatable bonds is 6. The first-order valence-corrected chi connectivity index (χ1v) is 7.56. The molecule has 90 valence electrons. The zero-order valence-electron chi connectivity index (χ0n) is 9.75. The van der Waals surface area contributed by atoms with Crippen LogP contribution in [-0.2, 0) is 4.74 Å². The summed E-state index contributed by atoms with van der Waals surface area (Å²) in [7, 11) is 0. The van der Waals surface area contributed by atoms with Gasteiger partial charge in [-0.05, 0) is 18.9 Å². The van der Waals surface area contributed by atoms with E-state index in [0.29, 0.717) is 5.88 Å². The van der Waals surface area contributed by atoms with Crippen molar-refractivity contribution in [2.75, 3.05) is 10.3 Å². The number of hydrogen-bond donors (Lipinski definition) is 0. The Bertz CT molecular complexity index is 298. The molecule has 1 rings (SSSR count). The summed E-state index contributed by atoms with van der Waals surface area (Å²) in [6, 6.07) is 10.3. The van der Waals surface area contributed by atoms with Crippen molar-refractivity contribution in [3.63, 3.8) is 0 Å². The van der Waals surface area contributed by atoms with Crippen molar-refractivity contribution in [2.45, 2.75) is 32.0 Å². The molecular weight excluding hydrogens is 334 g/mol. The Hall–Kier alpha value is 0.200. The third-order valence-corrected chi connectivity index (χ3v) is 4.71. The van der Waals surface area contributed by atoms with Crippen LogP contribution in [0.3, 0.4) is 0 Å². The van der Waals surface area contributed by atoms with E-state index >= 15 is 0 Å². The molecule has 0 N–H and O–H groups in total. The van der Waals surface area contributed by atoms with E-state index in [1.54, 1.807) is 0 Å². The Labute approximate surface area is 117 Å². The number of halogens is 2. The third-order valence-electron chi connectivity index (χ3n) is 2.53. The quantitative estimate of drug-likeness (QED) is 0.537. The van der Waals surface area contributed by atoms with E-state index in [1.165, 1.54) is 5.56 Å². The highest BCUT2D eigenvalue weighted by atomic mass is 127. The summed E-state index contributed by atoms with van der Waals surface area (Å²) >= 11 is 8.29. The van der Waals surface area contributed by atoms with Gasteiger partial charge in [-0.3, -0.25) is 0 Å². The van der Waals surface area contributed by atoms with Crippen LogP contribution in [0.4, 0.5) is 0 Å². The topological polar surface area (TPSA) is 9.23 Å². The molecule has 3 heteroatoms. The van der Waals surface area contributed by atoms with E-state index in [9.17, 15) is 0 Å². The van der Waals surface area contributed by atoms with Gasteiger partial charge in [-0.1, -0.05) is 59.8 Å². The average molecular weight is 353 g/mol. The molecule has 2 atom stereocenters. The van der Waals surface area contributed by atoms with Gasteiger partial charge in [0.2, 0.25) is 0 Å². The molecular formula is C13H18ClIO. The van der Waals surface area contributed by atoms with Crippen LogP contribution in [0.1, 0.15) is 31.9 Å². The fraction of sp³-hybridized carbons (Fsp3) is 0.538. The van der Waals surface area contributed by atoms with Gasteiger partial charge in [-0.25, -0.2) is 0 Å². The molecule has 0 aliphatic carbocycles. The van der Waals surface area contributed by atoms with Gasteiger partial charge in [0, 0.05) is 4.43 Å². The van der Waals surface area contributed by atoms with Crippen LogP contribution in [0, 0.1) is 0 Å². The fourth-order valence-corrected chi connectivity index (χ4v) is 2.42. The van der Waals surface area contributed by atoms with Crippen molar-refractivity contribution in [3.05, 3.63) is 35.9 Å². The van der Waals surface area contributed by atoms with Crippen molar-refractivity contribution >= 4 is 34.2 Å². The molecule has 0 aromatic heterocycles. The Kier molecular flexibility index (Phi) is 6.08. The molecule has 0 heterocycles. The second kappa shape index (κ2) is 6.82. The van der Waals surface area contributed by atoms with Crippen LogP contribution in [0.15, 0.2) is 30.3 Å². The lowest BCUT2D eigenvalue weighted by atomic mass is 10.1.